The van der Waals surface area contributed by atoms with Crippen molar-refractivity contribution in [1.82, 2.24) is 9.80 Å². The summed E-state index contributed by atoms with van der Waals surface area (Å²) in [5, 5.41) is 19.0. The average molecular weight is 411 g/mol. The van der Waals surface area contributed by atoms with E-state index < -0.39 is 28.6 Å². The van der Waals surface area contributed by atoms with Crippen LogP contribution in [-0.2, 0) is 14.4 Å². The van der Waals surface area contributed by atoms with Crippen LogP contribution in [0.5, 0.6) is 0 Å². The van der Waals surface area contributed by atoms with Crippen LogP contribution in [-0.4, -0.2) is 79.6 Å². The number of hydrogen-bond acceptors (Lipinski definition) is 5. The molecular formula is C20H30N2O5S. The minimum Gasteiger partial charge on any atom is -0.481 e. The number of carbonyl (C=O) groups is 3. The molecule has 0 aromatic rings. The maximum atomic E-state index is 13.7. The molecule has 3 saturated heterocycles. The lowest BCUT2D eigenvalue weighted by Gasteiger charge is -2.41. The van der Waals surface area contributed by atoms with E-state index in [0.29, 0.717) is 19.4 Å². The Bertz CT molecular complexity index is 684. The monoisotopic (exact) mass is 410 g/mol. The molecule has 0 aromatic carbocycles. The molecule has 28 heavy (non-hydrogen) atoms. The smallest absolute Gasteiger partial charge is 0.308 e. The van der Waals surface area contributed by atoms with Crippen LogP contribution in [0.15, 0.2) is 12.7 Å². The fourth-order valence-electron chi connectivity index (χ4n) is 5.41. The highest BCUT2D eigenvalue weighted by Gasteiger charge is 2.76. The Morgan fingerprint density at radius 2 is 2.14 bits per heavy atom. The molecule has 3 fully saturated rings. The van der Waals surface area contributed by atoms with Gasteiger partial charge in [0, 0.05) is 31.0 Å². The topological polar surface area (TPSA) is 98.2 Å². The molecule has 2 bridgehead atoms. The van der Waals surface area contributed by atoms with Gasteiger partial charge in [0.05, 0.1) is 16.6 Å². The molecule has 0 radical (unpaired) electrons. The third kappa shape index (κ3) is 2.87. The average Bonchev–Trinajstić information content (AvgIpc) is 3.21. The summed E-state index contributed by atoms with van der Waals surface area (Å²) in [5.74, 6) is -2.72. The van der Waals surface area contributed by atoms with E-state index in [0.717, 1.165) is 0 Å². The zero-order valence-electron chi connectivity index (χ0n) is 16.7. The first-order chi connectivity index (χ1) is 13.2. The number of amides is 2. The Labute approximate surface area is 170 Å². The highest BCUT2D eigenvalue weighted by Crippen LogP contribution is 2.68. The van der Waals surface area contributed by atoms with Crippen molar-refractivity contribution in [1.29, 1.82) is 0 Å². The first kappa shape index (κ1) is 21.2. The summed E-state index contributed by atoms with van der Waals surface area (Å²) < 4.78 is -0.717. The number of aliphatic hydroxyl groups is 1. The van der Waals surface area contributed by atoms with Crippen LogP contribution in [0.25, 0.3) is 0 Å². The summed E-state index contributed by atoms with van der Waals surface area (Å²) in [6.07, 6.45) is 2.73. The lowest BCUT2D eigenvalue weighted by molar-refractivity contribution is -0.149. The van der Waals surface area contributed by atoms with Crippen molar-refractivity contribution in [3.05, 3.63) is 12.7 Å². The normalized spacial score (nSPS) is 36.1. The van der Waals surface area contributed by atoms with E-state index in [4.69, 9.17) is 0 Å². The zero-order valence-corrected chi connectivity index (χ0v) is 17.5. The van der Waals surface area contributed by atoms with Gasteiger partial charge in [0.1, 0.15) is 6.04 Å². The predicted octanol–water partition coefficient (Wildman–Crippen LogP) is 1.21. The quantitative estimate of drug-likeness (QED) is 0.584. The molecule has 1 spiro atoms. The van der Waals surface area contributed by atoms with Gasteiger partial charge >= 0.3 is 5.97 Å². The molecule has 7 nitrogen and oxygen atoms in total. The third-order valence-electron chi connectivity index (χ3n) is 6.55. The van der Waals surface area contributed by atoms with Crippen LogP contribution in [0.2, 0.25) is 0 Å². The van der Waals surface area contributed by atoms with E-state index in [1.165, 1.54) is 11.8 Å². The van der Waals surface area contributed by atoms with E-state index in [-0.39, 0.29) is 42.2 Å². The summed E-state index contributed by atoms with van der Waals surface area (Å²) in [4.78, 5) is 42.3. The van der Waals surface area contributed by atoms with Crippen molar-refractivity contribution in [2.75, 3.05) is 19.7 Å². The van der Waals surface area contributed by atoms with Gasteiger partial charge in [-0.25, -0.2) is 0 Å². The van der Waals surface area contributed by atoms with Gasteiger partial charge in [-0.15, -0.1) is 18.3 Å². The molecule has 3 heterocycles. The molecule has 0 aromatic heterocycles. The Balaban J connectivity index is 2.08. The number of aliphatic hydroxyl groups excluding tert-OH is 1. The van der Waals surface area contributed by atoms with Gasteiger partial charge in [0.25, 0.3) is 0 Å². The zero-order chi connectivity index (χ0) is 20.8. The molecule has 0 aliphatic carbocycles. The molecule has 6 atom stereocenters. The van der Waals surface area contributed by atoms with Gasteiger partial charge in [-0.1, -0.05) is 13.0 Å². The number of carbonyl (C=O) groups excluding carboxylic acids is 2. The van der Waals surface area contributed by atoms with Gasteiger partial charge < -0.3 is 20.0 Å². The molecule has 2 N–H and O–H groups in total. The molecule has 3 rings (SSSR count). The van der Waals surface area contributed by atoms with Crippen LogP contribution < -0.4 is 0 Å². The third-order valence-corrected chi connectivity index (χ3v) is 8.63. The van der Waals surface area contributed by atoms with Crippen molar-refractivity contribution in [2.45, 2.75) is 55.7 Å². The second kappa shape index (κ2) is 7.71. The number of nitrogens with zero attached hydrogens (tertiary/aromatic N) is 2. The van der Waals surface area contributed by atoms with Crippen molar-refractivity contribution in [3.8, 4) is 0 Å². The standard InChI is InChI=1S/C20H30N2O5S/c1-5-7-21(11(2)3)18(25)16-20-12(4)10-13(28-20)14(19(26)27)15(20)17(24)22(16)8-6-9-23/h5,11-16,23H,1,6-10H2,2-4H3,(H,26,27)/t12?,13-,14+,15+,16?,20?/m1/s1. The number of rotatable bonds is 8. The van der Waals surface area contributed by atoms with Crippen molar-refractivity contribution in [2.24, 2.45) is 17.8 Å². The van der Waals surface area contributed by atoms with Crippen LogP contribution in [0.3, 0.4) is 0 Å². The van der Waals surface area contributed by atoms with Crippen molar-refractivity contribution >= 4 is 29.5 Å². The van der Waals surface area contributed by atoms with Crippen LogP contribution in [0.4, 0.5) is 0 Å². The van der Waals surface area contributed by atoms with Gasteiger partial charge in [-0.3, -0.25) is 14.4 Å². The molecule has 8 heteroatoms. The molecule has 3 aliphatic heterocycles. The minimum absolute atomic E-state index is 0.0649. The SMILES string of the molecule is C=CCN(C(=O)C1N(CCCO)C(=O)[C@@H]2[C@@H](C(=O)O)[C@H]3CC(C)C12S3)C(C)C. The van der Waals surface area contributed by atoms with Crippen LogP contribution in [0.1, 0.15) is 33.6 Å². The van der Waals surface area contributed by atoms with Gasteiger partial charge in [-0.05, 0) is 32.6 Å². The molecule has 156 valence electrons. The maximum absolute atomic E-state index is 13.7. The van der Waals surface area contributed by atoms with Gasteiger partial charge in [0.2, 0.25) is 11.8 Å². The minimum atomic E-state index is -0.952. The summed E-state index contributed by atoms with van der Waals surface area (Å²) >= 11 is 1.54. The Hall–Kier alpha value is -1.54. The second-order valence-corrected chi connectivity index (χ2v) is 9.92. The Morgan fingerprint density at radius 3 is 2.68 bits per heavy atom. The molecule has 3 aliphatic rings. The summed E-state index contributed by atoms with van der Waals surface area (Å²) in [6.45, 7) is 10.2. The molecular weight excluding hydrogens is 380 g/mol. The van der Waals surface area contributed by atoms with Crippen molar-refractivity contribution < 1.29 is 24.6 Å². The largest absolute Gasteiger partial charge is 0.481 e. The maximum Gasteiger partial charge on any atom is 0.308 e. The Morgan fingerprint density at radius 1 is 1.46 bits per heavy atom. The molecule has 2 amide bonds. The lowest BCUT2D eigenvalue weighted by Crippen LogP contribution is -2.58. The van der Waals surface area contributed by atoms with Crippen LogP contribution >= 0.6 is 11.8 Å². The number of hydrogen-bond donors (Lipinski definition) is 2. The number of likely N-dealkylation sites (tertiary alicyclic amines) is 1. The first-order valence-corrected chi connectivity index (χ1v) is 10.8. The van der Waals surface area contributed by atoms with E-state index >= 15 is 0 Å². The molecule has 0 saturated carbocycles. The van der Waals surface area contributed by atoms with Crippen LogP contribution in [0, 0.1) is 17.8 Å². The van der Waals surface area contributed by atoms with Gasteiger partial charge in [0.15, 0.2) is 0 Å². The van der Waals surface area contributed by atoms with E-state index in [9.17, 15) is 24.6 Å². The summed E-state index contributed by atoms with van der Waals surface area (Å²) in [7, 11) is 0. The fourth-order valence-corrected chi connectivity index (χ4v) is 7.82. The second-order valence-electron chi connectivity index (χ2n) is 8.37. The summed E-state index contributed by atoms with van der Waals surface area (Å²) in [5.41, 5.74) is 0. The van der Waals surface area contributed by atoms with E-state index in [1.807, 2.05) is 20.8 Å². The lowest BCUT2D eigenvalue weighted by atomic mass is 9.66. The Kier molecular flexibility index (Phi) is 5.83. The predicted molar refractivity (Wildman–Crippen MR) is 107 cm³/mol. The summed E-state index contributed by atoms with van der Waals surface area (Å²) in [6, 6.07) is -0.766. The fraction of sp³-hybridized carbons (Fsp3) is 0.750. The molecule has 3 unspecified atom stereocenters. The number of thioether (sulfide) groups is 1. The highest BCUT2D eigenvalue weighted by atomic mass is 32.2. The highest BCUT2D eigenvalue weighted by molar-refractivity contribution is 8.02. The van der Waals surface area contributed by atoms with Crippen molar-refractivity contribution in [3.63, 3.8) is 0 Å². The first-order valence-electron chi connectivity index (χ1n) is 9.95. The van der Waals surface area contributed by atoms with E-state index in [1.54, 1.807) is 15.9 Å². The number of fused-ring (bicyclic) bond motifs is 1. The van der Waals surface area contributed by atoms with Gasteiger partial charge in [-0.2, -0.15) is 0 Å². The number of aliphatic carboxylic acids is 1. The van der Waals surface area contributed by atoms with E-state index in [2.05, 4.69) is 6.58 Å². The number of carboxylic acid groups (broad SMARTS) is 1. The number of carboxylic acids is 1.